The summed E-state index contributed by atoms with van der Waals surface area (Å²) >= 11 is 0. The maximum atomic E-state index is 12.3. The zero-order chi connectivity index (χ0) is 20.4. The average Bonchev–Trinajstić information content (AvgIpc) is 2.71. The highest BCUT2D eigenvalue weighted by molar-refractivity contribution is 5.94. The molecule has 0 aliphatic carbocycles. The Labute approximate surface area is 165 Å². The maximum absolute atomic E-state index is 12.3. The highest BCUT2D eigenvalue weighted by Crippen LogP contribution is 2.18. The Hall–Kier alpha value is -2.61. The smallest absolute Gasteiger partial charge is 0.434 e. The molecule has 2 amide bonds. The largest absolute Gasteiger partial charge is 0.513 e. The predicted molar refractivity (Wildman–Crippen MR) is 102 cm³/mol. The summed E-state index contributed by atoms with van der Waals surface area (Å²) in [5.41, 5.74) is 0.489. The van der Waals surface area contributed by atoms with Crippen LogP contribution in [0.5, 0.6) is 5.75 Å². The SMILES string of the molecule is CCOC(=O)Oc1ccc(C(=O)NCC2CCN(C(=O)CCOC)CC2)cc1. The molecule has 0 unspecified atom stereocenters. The van der Waals surface area contributed by atoms with Gasteiger partial charge in [0.2, 0.25) is 5.91 Å². The van der Waals surface area contributed by atoms with Gasteiger partial charge in [-0.3, -0.25) is 9.59 Å². The average molecular weight is 392 g/mol. The van der Waals surface area contributed by atoms with Gasteiger partial charge in [-0.25, -0.2) is 4.79 Å². The van der Waals surface area contributed by atoms with Crippen molar-refractivity contribution in [2.45, 2.75) is 26.2 Å². The number of likely N-dealkylation sites (tertiary alicyclic amines) is 1. The summed E-state index contributed by atoms with van der Waals surface area (Å²) < 4.78 is 14.6. The summed E-state index contributed by atoms with van der Waals surface area (Å²) in [6.07, 6.45) is 1.37. The number of nitrogens with one attached hydrogen (secondary N) is 1. The number of piperidine rings is 1. The Morgan fingerprint density at radius 3 is 2.43 bits per heavy atom. The third kappa shape index (κ3) is 6.84. The van der Waals surface area contributed by atoms with Crippen molar-refractivity contribution in [2.75, 3.05) is 40.0 Å². The number of rotatable bonds is 8. The van der Waals surface area contributed by atoms with E-state index in [0.29, 0.717) is 49.9 Å². The number of hydrogen-bond acceptors (Lipinski definition) is 6. The summed E-state index contributed by atoms with van der Waals surface area (Å²) in [6, 6.07) is 6.30. The predicted octanol–water partition coefficient (Wildman–Crippen LogP) is 2.23. The second kappa shape index (κ2) is 11.3. The Morgan fingerprint density at radius 2 is 1.82 bits per heavy atom. The van der Waals surface area contributed by atoms with Gasteiger partial charge < -0.3 is 24.4 Å². The molecule has 0 aromatic heterocycles. The maximum Gasteiger partial charge on any atom is 0.513 e. The van der Waals surface area contributed by atoms with Crippen LogP contribution in [0.25, 0.3) is 0 Å². The molecule has 1 fully saturated rings. The third-order valence-corrected chi connectivity index (χ3v) is 4.62. The molecule has 2 rings (SSSR count). The van der Waals surface area contributed by atoms with Gasteiger partial charge in [-0.2, -0.15) is 0 Å². The minimum absolute atomic E-state index is 0.120. The standard InChI is InChI=1S/C20H28N2O6/c1-3-27-20(25)28-17-6-4-16(5-7-17)19(24)21-14-15-8-11-22(12-9-15)18(23)10-13-26-2/h4-7,15H,3,8-14H2,1-2H3,(H,21,24). The molecule has 1 aromatic carbocycles. The number of methoxy groups -OCH3 is 1. The Bertz CT molecular complexity index is 653. The van der Waals surface area contributed by atoms with Crippen molar-refractivity contribution in [2.24, 2.45) is 5.92 Å². The van der Waals surface area contributed by atoms with Crippen molar-refractivity contribution < 1.29 is 28.6 Å². The van der Waals surface area contributed by atoms with Crippen molar-refractivity contribution in [3.8, 4) is 5.75 Å². The van der Waals surface area contributed by atoms with Crippen LogP contribution in [-0.4, -0.2) is 62.8 Å². The van der Waals surface area contributed by atoms with E-state index in [1.165, 1.54) is 0 Å². The fourth-order valence-electron chi connectivity index (χ4n) is 2.99. The van der Waals surface area contributed by atoms with Crippen molar-refractivity contribution in [3.63, 3.8) is 0 Å². The van der Waals surface area contributed by atoms with E-state index in [4.69, 9.17) is 14.2 Å². The Kier molecular flexibility index (Phi) is 8.74. The summed E-state index contributed by atoms with van der Waals surface area (Å²) in [5.74, 6) is 0.609. The van der Waals surface area contributed by atoms with Gasteiger partial charge in [0.25, 0.3) is 5.91 Å². The molecule has 1 heterocycles. The van der Waals surface area contributed by atoms with Gasteiger partial charge in [0.15, 0.2) is 0 Å². The van der Waals surface area contributed by atoms with Gasteiger partial charge in [-0.1, -0.05) is 0 Å². The van der Waals surface area contributed by atoms with Gasteiger partial charge in [0.05, 0.1) is 19.6 Å². The first-order chi connectivity index (χ1) is 13.5. The Balaban J connectivity index is 1.72. The fourth-order valence-corrected chi connectivity index (χ4v) is 2.99. The molecule has 0 saturated carbocycles. The normalized spacial score (nSPS) is 14.4. The van der Waals surface area contributed by atoms with Crippen LogP contribution in [0.4, 0.5) is 4.79 Å². The lowest BCUT2D eigenvalue weighted by atomic mass is 9.96. The lowest BCUT2D eigenvalue weighted by Crippen LogP contribution is -2.41. The number of amides is 2. The molecule has 8 nitrogen and oxygen atoms in total. The van der Waals surface area contributed by atoms with E-state index in [2.05, 4.69) is 5.32 Å². The minimum Gasteiger partial charge on any atom is -0.434 e. The molecule has 0 atom stereocenters. The highest BCUT2D eigenvalue weighted by atomic mass is 16.7. The van der Waals surface area contributed by atoms with E-state index < -0.39 is 6.16 Å². The molecule has 0 spiro atoms. The van der Waals surface area contributed by atoms with E-state index in [1.54, 1.807) is 38.3 Å². The molecule has 1 saturated heterocycles. The molecule has 154 valence electrons. The number of carbonyl (C=O) groups is 3. The molecular formula is C20H28N2O6. The molecule has 1 N–H and O–H groups in total. The fraction of sp³-hybridized carbons (Fsp3) is 0.550. The van der Waals surface area contributed by atoms with Crippen molar-refractivity contribution in [3.05, 3.63) is 29.8 Å². The molecule has 0 bridgehead atoms. The van der Waals surface area contributed by atoms with Gasteiger partial charge in [-0.15, -0.1) is 0 Å². The summed E-state index contributed by atoms with van der Waals surface area (Å²) in [7, 11) is 1.59. The van der Waals surface area contributed by atoms with Crippen LogP contribution in [0.3, 0.4) is 0 Å². The van der Waals surface area contributed by atoms with Gasteiger partial charge >= 0.3 is 6.16 Å². The van der Waals surface area contributed by atoms with Crippen LogP contribution < -0.4 is 10.1 Å². The monoisotopic (exact) mass is 392 g/mol. The Morgan fingerprint density at radius 1 is 1.14 bits per heavy atom. The van der Waals surface area contributed by atoms with Crippen molar-refractivity contribution in [1.29, 1.82) is 0 Å². The number of ether oxygens (including phenoxy) is 3. The zero-order valence-electron chi connectivity index (χ0n) is 16.4. The van der Waals surface area contributed by atoms with Gasteiger partial charge in [-0.05, 0) is 49.9 Å². The van der Waals surface area contributed by atoms with Crippen LogP contribution in [-0.2, 0) is 14.3 Å². The number of carbonyl (C=O) groups excluding carboxylic acids is 3. The molecule has 1 aliphatic heterocycles. The van der Waals surface area contributed by atoms with Crippen LogP contribution >= 0.6 is 0 Å². The van der Waals surface area contributed by atoms with Crippen LogP contribution in [0.2, 0.25) is 0 Å². The van der Waals surface area contributed by atoms with Crippen molar-refractivity contribution >= 4 is 18.0 Å². The molecule has 8 heteroatoms. The second-order valence-electron chi connectivity index (χ2n) is 6.59. The van der Waals surface area contributed by atoms with Gasteiger partial charge in [0, 0.05) is 32.3 Å². The number of hydrogen-bond donors (Lipinski definition) is 1. The molecule has 0 radical (unpaired) electrons. The van der Waals surface area contributed by atoms with Crippen molar-refractivity contribution in [1.82, 2.24) is 10.2 Å². The highest BCUT2D eigenvalue weighted by Gasteiger charge is 2.23. The van der Waals surface area contributed by atoms with E-state index in [9.17, 15) is 14.4 Å². The summed E-state index contributed by atoms with van der Waals surface area (Å²) in [5, 5.41) is 2.93. The first-order valence-electron chi connectivity index (χ1n) is 9.53. The first-order valence-corrected chi connectivity index (χ1v) is 9.53. The quantitative estimate of drug-likeness (QED) is 0.539. The first kappa shape index (κ1) is 21.7. The van der Waals surface area contributed by atoms with E-state index in [-0.39, 0.29) is 18.4 Å². The zero-order valence-corrected chi connectivity index (χ0v) is 16.4. The molecule has 28 heavy (non-hydrogen) atoms. The summed E-state index contributed by atoms with van der Waals surface area (Å²) in [4.78, 5) is 37.4. The lowest BCUT2D eigenvalue weighted by molar-refractivity contribution is -0.133. The second-order valence-corrected chi connectivity index (χ2v) is 6.59. The molecule has 1 aromatic rings. The summed E-state index contributed by atoms with van der Waals surface area (Å²) in [6.45, 7) is 4.36. The minimum atomic E-state index is -0.772. The number of nitrogens with zero attached hydrogens (tertiary/aromatic N) is 1. The van der Waals surface area contributed by atoms with E-state index in [0.717, 1.165) is 12.8 Å². The molecule has 1 aliphatic rings. The van der Waals surface area contributed by atoms with E-state index in [1.807, 2.05) is 4.90 Å². The van der Waals surface area contributed by atoms with E-state index >= 15 is 0 Å². The van der Waals surface area contributed by atoms with Gasteiger partial charge in [0.1, 0.15) is 5.75 Å². The number of benzene rings is 1. The topological polar surface area (TPSA) is 94.2 Å². The molecular weight excluding hydrogens is 364 g/mol. The lowest BCUT2D eigenvalue weighted by Gasteiger charge is -2.32. The van der Waals surface area contributed by atoms with Crippen LogP contribution in [0.15, 0.2) is 24.3 Å². The third-order valence-electron chi connectivity index (χ3n) is 4.62. The van der Waals surface area contributed by atoms with Crippen LogP contribution in [0.1, 0.15) is 36.5 Å². The van der Waals surface area contributed by atoms with Crippen LogP contribution in [0, 0.1) is 5.92 Å².